The minimum atomic E-state index is -0.106. The van der Waals surface area contributed by atoms with Gasteiger partial charge in [0.05, 0.1) is 19.2 Å². The number of benzene rings is 3. The average molecular weight is 373 g/mol. The van der Waals surface area contributed by atoms with E-state index in [9.17, 15) is 4.79 Å². The lowest BCUT2D eigenvalue weighted by atomic mass is 9.92. The number of fused-ring (bicyclic) bond motifs is 1. The average Bonchev–Trinajstić information content (AvgIpc) is 3.07. The third-order valence-corrected chi connectivity index (χ3v) is 5.34. The molecule has 1 saturated heterocycles. The van der Waals surface area contributed by atoms with Crippen molar-refractivity contribution in [3.05, 3.63) is 77.4 Å². The molecule has 5 nitrogen and oxygen atoms in total. The Morgan fingerprint density at radius 2 is 2.04 bits per heavy atom. The standard InChI is InChI=1S/C23H23N3O2/c1-28-19-8-9-20-18(13-19)6-3-7-21(20)22-10-11-26(23(22)27)15-17-5-2-4-16(12-17)14-25-24/h2-9,12-14,22H,10-11,15,24H2,1H3/t22-/m0/s1. The molecule has 1 heterocycles. The first-order valence-corrected chi connectivity index (χ1v) is 9.37. The smallest absolute Gasteiger partial charge is 0.230 e. The van der Waals surface area contributed by atoms with Crippen LogP contribution >= 0.6 is 0 Å². The van der Waals surface area contributed by atoms with E-state index in [2.05, 4.69) is 23.3 Å². The summed E-state index contributed by atoms with van der Waals surface area (Å²) in [7, 11) is 1.66. The minimum Gasteiger partial charge on any atom is -0.497 e. The molecule has 1 aliphatic heterocycles. The van der Waals surface area contributed by atoms with Crippen LogP contribution in [-0.2, 0) is 11.3 Å². The second-order valence-corrected chi connectivity index (χ2v) is 7.06. The zero-order valence-electron chi connectivity index (χ0n) is 15.8. The van der Waals surface area contributed by atoms with Crippen molar-refractivity contribution in [1.82, 2.24) is 4.90 Å². The fourth-order valence-corrected chi connectivity index (χ4v) is 3.98. The molecule has 28 heavy (non-hydrogen) atoms. The molecule has 1 atom stereocenters. The van der Waals surface area contributed by atoms with Gasteiger partial charge in [-0.1, -0.05) is 42.5 Å². The van der Waals surface area contributed by atoms with Gasteiger partial charge < -0.3 is 15.5 Å². The minimum absolute atomic E-state index is 0.106. The predicted octanol–water partition coefficient (Wildman–Crippen LogP) is 3.66. The Morgan fingerprint density at radius 3 is 2.86 bits per heavy atom. The molecule has 2 N–H and O–H groups in total. The number of hydrazone groups is 1. The van der Waals surface area contributed by atoms with E-state index in [-0.39, 0.29) is 11.8 Å². The molecule has 0 aromatic heterocycles. The summed E-state index contributed by atoms with van der Waals surface area (Å²) in [5, 5.41) is 5.78. The Hall–Kier alpha value is -3.34. The molecule has 5 heteroatoms. The number of nitrogens with two attached hydrogens (primary N) is 1. The second kappa shape index (κ2) is 7.72. The van der Waals surface area contributed by atoms with Gasteiger partial charge >= 0.3 is 0 Å². The van der Waals surface area contributed by atoms with E-state index in [4.69, 9.17) is 10.6 Å². The third kappa shape index (κ3) is 3.43. The summed E-state index contributed by atoms with van der Waals surface area (Å²) in [6, 6.07) is 20.1. The maximum atomic E-state index is 13.1. The van der Waals surface area contributed by atoms with Crippen LogP contribution in [-0.4, -0.2) is 30.7 Å². The Balaban J connectivity index is 1.58. The van der Waals surface area contributed by atoms with Crippen molar-refractivity contribution in [1.29, 1.82) is 0 Å². The lowest BCUT2D eigenvalue weighted by Crippen LogP contribution is -2.26. The van der Waals surface area contributed by atoms with Crippen molar-refractivity contribution < 1.29 is 9.53 Å². The number of hydrogen-bond donors (Lipinski definition) is 1. The van der Waals surface area contributed by atoms with Crippen molar-refractivity contribution >= 4 is 22.9 Å². The number of methoxy groups -OCH3 is 1. The first-order chi connectivity index (χ1) is 13.7. The molecule has 0 spiro atoms. The molecule has 0 bridgehead atoms. The summed E-state index contributed by atoms with van der Waals surface area (Å²) in [5.74, 6) is 6.14. The van der Waals surface area contributed by atoms with Crippen LogP contribution in [0.5, 0.6) is 5.75 Å². The molecule has 3 aromatic carbocycles. The Labute approximate surface area is 164 Å². The number of nitrogens with zero attached hydrogens (tertiary/aromatic N) is 2. The zero-order chi connectivity index (χ0) is 19.5. The van der Waals surface area contributed by atoms with Crippen LogP contribution in [0, 0.1) is 0 Å². The summed E-state index contributed by atoms with van der Waals surface area (Å²) >= 11 is 0. The molecule has 0 aliphatic carbocycles. The Morgan fingerprint density at radius 1 is 1.18 bits per heavy atom. The van der Waals surface area contributed by atoms with Crippen molar-refractivity contribution in [2.24, 2.45) is 10.9 Å². The molecule has 0 radical (unpaired) electrons. The molecule has 1 aliphatic rings. The van der Waals surface area contributed by atoms with E-state index in [1.54, 1.807) is 13.3 Å². The van der Waals surface area contributed by atoms with Crippen LogP contribution in [0.2, 0.25) is 0 Å². The zero-order valence-corrected chi connectivity index (χ0v) is 15.8. The third-order valence-electron chi connectivity index (χ3n) is 5.34. The van der Waals surface area contributed by atoms with Crippen LogP contribution in [0.15, 0.2) is 65.8 Å². The summed E-state index contributed by atoms with van der Waals surface area (Å²) in [6.45, 7) is 1.35. The van der Waals surface area contributed by atoms with Crippen LogP contribution in [0.1, 0.15) is 29.0 Å². The normalized spacial score (nSPS) is 17.0. The van der Waals surface area contributed by atoms with Gasteiger partial charge in [0, 0.05) is 13.1 Å². The van der Waals surface area contributed by atoms with E-state index < -0.39 is 0 Å². The van der Waals surface area contributed by atoms with E-state index in [0.29, 0.717) is 6.54 Å². The molecule has 3 aromatic rings. The fourth-order valence-electron chi connectivity index (χ4n) is 3.98. The molecule has 1 fully saturated rings. The van der Waals surface area contributed by atoms with Gasteiger partial charge in [-0.2, -0.15) is 5.10 Å². The number of carbonyl (C=O) groups is 1. The molecule has 0 saturated carbocycles. The van der Waals surface area contributed by atoms with E-state index in [1.807, 2.05) is 47.4 Å². The van der Waals surface area contributed by atoms with Crippen molar-refractivity contribution in [3.8, 4) is 5.75 Å². The summed E-state index contributed by atoms with van der Waals surface area (Å²) in [4.78, 5) is 15.1. The highest BCUT2D eigenvalue weighted by atomic mass is 16.5. The topological polar surface area (TPSA) is 67.9 Å². The highest BCUT2D eigenvalue weighted by Gasteiger charge is 2.33. The molecule has 4 rings (SSSR count). The Bertz CT molecular complexity index is 1040. The highest BCUT2D eigenvalue weighted by Crippen LogP contribution is 2.35. The van der Waals surface area contributed by atoms with E-state index in [0.717, 1.165) is 46.2 Å². The van der Waals surface area contributed by atoms with E-state index in [1.165, 1.54) is 0 Å². The number of carbonyl (C=O) groups excluding carboxylic acids is 1. The van der Waals surface area contributed by atoms with E-state index >= 15 is 0 Å². The largest absolute Gasteiger partial charge is 0.497 e. The molecule has 1 amide bonds. The molecule has 0 unspecified atom stereocenters. The summed E-state index contributed by atoms with van der Waals surface area (Å²) in [6.07, 6.45) is 2.44. The van der Waals surface area contributed by atoms with Gasteiger partial charge in [-0.3, -0.25) is 4.79 Å². The summed E-state index contributed by atoms with van der Waals surface area (Å²) in [5.41, 5.74) is 3.11. The van der Waals surface area contributed by atoms with Gasteiger partial charge in [-0.25, -0.2) is 0 Å². The van der Waals surface area contributed by atoms with Gasteiger partial charge in [0.1, 0.15) is 5.75 Å². The lowest BCUT2D eigenvalue weighted by Gasteiger charge is -2.18. The predicted molar refractivity (Wildman–Crippen MR) is 111 cm³/mol. The monoisotopic (exact) mass is 373 g/mol. The quantitative estimate of drug-likeness (QED) is 0.422. The number of ether oxygens (including phenoxy) is 1. The Kier molecular flexibility index (Phi) is 4.98. The van der Waals surface area contributed by atoms with Crippen LogP contribution < -0.4 is 10.6 Å². The number of amides is 1. The molecular weight excluding hydrogens is 350 g/mol. The van der Waals surface area contributed by atoms with Gasteiger partial charge in [-0.05, 0) is 52.1 Å². The van der Waals surface area contributed by atoms with Gasteiger partial charge in [0.15, 0.2) is 0 Å². The van der Waals surface area contributed by atoms with Crippen LogP contribution in [0.4, 0.5) is 0 Å². The second-order valence-electron chi connectivity index (χ2n) is 7.06. The lowest BCUT2D eigenvalue weighted by molar-refractivity contribution is -0.129. The van der Waals surface area contributed by atoms with Crippen molar-refractivity contribution in [3.63, 3.8) is 0 Å². The van der Waals surface area contributed by atoms with Crippen LogP contribution in [0.25, 0.3) is 10.8 Å². The van der Waals surface area contributed by atoms with Gasteiger partial charge in [-0.15, -0.1) is 0 Å². The number of rotatable bonds is 5. The first kappa shape index (κ1) is 18.0. The van der Waals surface area contributed by atoms with Crippen molar-refractivity contribution in [2.45, 2.75) is 18.9 Å². The number of hydrogen-bond acceptors (Lipinski definition) is 4. The summed E-state index contributed by atoms with van der Waals surface area (Å²) < 4.78 is 5.33. The maximum Gasteiger partial charge on any atom is 0.230 e. The van der Waals surface area contributed by atoms with Crippen molar-refractivity contribution in [2.75, 3.05) is 13.7 Å². The first-order valence-electron chi connectivity index (χ1n) is 9.37. The van der Waals surface area contributed by atoms with Crippen LogP contribution in [0.3, 0.4) is 0 Å². The van der Waals surface area contributed by atoms with Gasteiger partial charge in [0.2, 0.25) is 5.91 Å². The SMILES string of the molecule is COc1ccc2c([C@@H]3CCN(Cc4cccc(C=NN)c4)C3=O)cccc2c1. The fraction of sp³-hybridized carbons (Fsp3) is 0.217. The highest BCUT2D eigenvalue weighted by molar-refractivity contribution is 5.94. The number of likely N-dealkylation sites (tertiary alicyclic amines) is 1. The van der Waals surface area contributed by atoms with Gasteiger partial charge in [0.25, 0.3) is 0 Å². The molecular formula is C23H23N3O2. The maximum absolute atomic E-state index is 13.1. The molecule has 142 valence electrons.